The lowest BCUT2D eigenvalue weighted by atomic mass is 10.0. The molecule has 1 amide bonds. The SMILES string of the molecule is C/C=C\C=C(/C)Cl.CC.CC1CN(Cc2ccc(-c3ccc(CN(C)C)cc3)cc2)C(=O)O1. The van der Waals surface area contributed by atoms with Gasteiger partial charge in [0, 0.05) is 18.1 Å². The number of ether oxygens (including phenoxy) is 1. The number of cyclic esters (lactones) is 1. The van der Waals surface area contributed by atoms with Gasteiger partial charge in [-0.15, -0.1) is 0 Å². The molecule has 1 fully saturated rings. The summed E-state index contributed by atoms with van der Waals surface area (Å²) in [5.74, 6) is 0. The fourth-order valence-corrected chi connectivity index (χ4v) is 3.29. The van der Waals surface area contributed by atoms with Crippen LogP contribution in [0.2, 0.25) is 0 Å². The highest BCUT2D eigenvalue weighted by atomic mass is 35.5. The van der Waals surface area contributed by atoms with Crippen LogP contribution in [0.25, 0.3) is 11.1 Å². The summed E-state index contributed by atoms with van der Waals surface area (Å²) in [7, 11) is 4.15. The van der Waals surface area contributed by atoms with Crippen molar-refractivity contribution in [1.29, 1.82) is 0 Å². The molecule has 33 heavy (non-hydrogen) atoms. The Bertz CT molecular complexity index is 883. The van der Waals surface area contributed by atoms with E-state index in [4.69, 9.17) is 16.3 Å². The topological polar surface area (TPSA) is 32.8 Å². The molecule has 2 aromatic rings. The van der Waals surface area contributed by atoms with Gasteiger partial charge in [0.2, 0.25) is 0 Å². The van der Waals surface area contributed by atoms with Crippen molar-refractivity contribution in [1.82, 2.24) is 9.80 Å². The summed E-state index contributed by atoms with van der Waals surface area (Å²) in [5, 5.41) is 0.818. The minimum absolute atomic E-state index is 0.0162. The van der Waals surface area contributed by atoms with Crippen molar-refractivity contribution in [3.05, 3.63) is 82.9 Å². The number of rotatable bonds is 6. The van der Waals surface area contributed by atoms with E-state index in [2.05, 4.69) is 67.5 Å². The summed E-state index contributed by atoms with van der Waals surface area (Å²) in [6.07, 6.45) is 5.45. The van der Waals surface area contributed by atoms with Crippen LogP contribution in [0.15, 0.2) is 71.8 Å². The van der Waals surface area contributed by atoms with Gasteiger partial charge < -0.3 is 14.5 Å². The second-order valence-electron chi connectivity index (χ2n) is 7.99. The molecule has 1 heterocycles. The van der Waals surface area contributed by atoms with Gasteiger partial charge in [-0.1, -0.05) is 86.1 Å². The molecule has 1 unspecified atom stereocenters. The van der Waals surface area contributed by atoms with Gasteiger partial charge in [-0.25, -0.2) is 4.79 Å². The molecule has 0 radical (unpaired) electrons. The minimum atomic E-state index is -0.219. The van der Waals surface area contributed by atoms with Crippen LogP contribution in [0, 0.1) is 0 Å². The van der Waals surface area contributed by atoms with Crippen LogP contribution in [0.3, 0.4) is 0 Å². The van der Waals surface area contributed by atoms with Gasteiger partial charge in [0.1, 0.15) is 6.10 Å². The van der Waals surface area contributed by atoms with Gasteiger partial charge in [-0.05, 0) is 63.2 Å². The lowest BCUT2D eigenvalue weighted by Gasteiger charge is -2.13. The number of carbonyl (C=O) groups excluding carboxylic acids is 1. The van der Waals surface area contributed by atoms with E-state index >= 15 is 0 Å². The number of hydrogen-bond acceptors (Lipinski definition) is 3. The molecule has 180 valence electrons. The van der Waals surface area contributed by atoms with Crippen LogP contribution in [0.1, 0.15) is 45.7 Å². The van der Waals surface area contributed by atoms with E-state index in [9.17, 15) is 4.79 Å². The maximum atomic E-state index is 11.7. The summed E-state index contributed by atoms with van der Waals surface area (Å²) in [6.45, 7) is 11.9. The molecule has 1 aliphatic rings. The van der Waals surface area contributed by atoms with Crippen LogP contribution >= 0.6 is 11.6 Å². The first kappa shape index (κ1) is 28.5. The number of carbonyl (C=O) groups is 1. The monoisotopic (exact) mass is 470 g/mol. The van der Waals surface area contributed by atoms with Crippen LogP contribution < -0.4 is 0 Å². The van der Waals surface area contributed by atoms with Crippen LogP contribution in [-0.4, -0.2) is 42.6 Å². The Morgan fingerprint density at radius 2 is 1.58 bits per heavy atom. The van der Waals surface area contributed by atoms with E-state index in [0.29, 0.717) is 13.1 Å². The molecule has 0 bridgehead atoms. The lowest BCUT2D eigenvalue weighted by Crippen LogP contribution is -2.24. The van der Waals surface area contributed by atoms with Gasteiger partial charge >= 0.3 is 6.09 Å². The normalized spacial score (nSPS) is 15.7. The standard InChI is InChI=1S/C20H24N2O2.C6H9Cl.C2H6/c1-15-12-22(20(23)24-15)14-17-6-10-19(11-7-17)18-8-4-16(5-9-18)13-21(2)3;1-3-4-5-6(2)7;1-2/h4-11,15H,12-14H2,1-3H3;3-5H,1-2H3;1-2H3/b;4-3-,6-5+;. The lowest BCUT2D eigenvalue weighted by molar-refractivity contribution is 0.137. The number of hydrogen-bond donors (Lipinski definition) is 0. The molecular formula is C28H39ClN2O2. The zero-order valence-electron chi connectivity index (χ0n) is 21.1. The van der Waals surface area contributed by atoms with E-state index in [1.165, 1.54) is 16.7 Å². The molecule has 1 atom stereocenters. The Morgan fingerprint density at radius 3 is 1.94 bits per heavy atom. The molecule has 3 rings (SSSR count). The first-order valence-corrected chi connectivity index (χ1v) is 11.9. The molecule has 5 heteroatoms. The quantitative estimate of drug-likeness (QED) is 0.410. The Balaban J connectivity index is 0.000000520. The fraction of sp³-hybridized carbons (Fsp3) is 0.393. The fourth-order valence-electron chi connectivity index (χ4n) is 3.22. The third kappa shape index (κ3) is 10.7. The van der Waals surface area contributed by atoms with Gasteiger partial charge in [0.25, 0.3) is 0 Å². The second kappa shape index (κ2) is 15.3. The predicted molar refractivity (Wildman–Crippen MR) is 141 cm³/mol. The molecule has 4 nitrogen and oxygen atoms in total. The zero-order chi connectivity index (χ0) is 24.8. The average Bonchev–Trinajstić information content (AvgIpc) is 3.11. The summed E-state index contributed by atoms with van der Waals surface area (Å²) in [6, 6.07) is 17.1. The molecule has 0 aliphatic carbocycles. The predicted octanol–water partition coefficient (Wildman–Crippen LogP) is 7.49. The largest absolute Gasteiger partial charge is 0.444 e. The summed E-state index contributed by atoms with van der Waals surface area (Å²) >= 11 is 5.47. The van der Waals surface area contributed by atoms with Crippen LogP contribution in [-0.2, 0) is 17.8 Å². The first-order chi connectivity index (χ1) is 15.8. The van der Waals surface area contributed by atoms with Crippen LogP contribution in [0.4, 0.5) is 4.79 Å². The second-order valence-corrected chi connectivity index (χ2v) is 8.58. The number of benzene rings is 2. The van der Waals surface area contributed by atoms with Gasteiger partial charge in [0.05, 0.1) is 6.54 Å². The van der Waals surface area contributed by atoms with Crippen molar-refractivity contribution in [2.24, 2.45) is 0 Å². The summed E-state index contributed by atoms with van der Waals surface area (Å²) in [4.78, 5) is 15.6. The Morgan fingerprint density at radius 1 is 1.06 bits per heavy atom. The highest BCUT2D eigenvalue weighted by Gasteiger charge is 2.27. The van der Waals surface area contributed by atoms with E-state index in [1.807, 2.05) is 52.8 Å². The van der Waals surface area contributed by atoms with Gasteiger partial charge in [-0.2, -0.15) is 0 Å². The summed E-state index contributed by atoms with van der Waals surface area (Å²) < 4.78 is 5.16. The number of allylic oxidation sites excluding steroid dienone is 4. The van der Waals surface area contributed by atoms with Crippen molar-refractivity contribution >= 4 is 17.7 Å². The number of nitrogens with zero attached hydrogens (tertiary/aromatic N) is 2. The summed E-state index contributed by atoms with van der Waals surface area (Å²) in [5.41, 5.74) is 4.82. The molecule has 2 aromatic carbocycles. The van der Waals surface area contributed by atoms with E-state index in [0.717, 1.165) is 17.1 Å². The Kier molecular flexibility index (Phi) is 13.2. The van der Waals surface area contributed by atoms with E-state index in [1.54, 1.807) is 4.90 Å². The van der Waals surface area contributed by atoms with Crippen molar-refractivity contribution in [3.63, 3.8) is 0 Å². The first-order valence-electron chi connectivity index (χ1n) is 11.5. The third-order valence-electron chi connectivity index (χ3n) is 4.67. The molecule has 0 N–H and O–H groups in total. The highest BCUT2D eigenvalue weighted by Crippen LogP contribution is 2.22. The molecule has 1 aliphatic heterocycles. The van der Waals surface area contributed by atoms with E-state index in [-0.39, 0.29) is 12.2 Å². The minimum Gasteiger partial charge on any atom is -0.444 e. The zero-order valence-corrected chi connectivity index (χ0v) is 21.9. The van der Waals surface area contributed by atoms with Crippen molar-refractivity contribution in [3.8, 4) is 11.1 Å². The Hall–Kier alpha value is -2.56. The third-order valence-corrected chi connectivity index (χ3v) is 4.80. The highest BCUT2D eigenvalue weighted by molar-refractivity contribution is 6.29. The van der Waals surface area contributed by atoms with Crippen LogP contribution in [0.5, 0.6) is 0 Å². The molecule has 1 saturated heterocycles. The maximum Gasteiger partial charge on any atom is 0.410 e. The van der Waals surface area contributed by atoms with Gasteiger partial charge in [0.15, 0.2) is 0 Å². The molecule has 0 aromatic heterocycles. The van der Waals surface area contributed by atoms with Gasteiger partial charge in [-0.3, -0.25) is 0 Å². The molecule has 0 saturated carbocycles. The molecular weight excluding hydrogens is 432 g/mol. The van der Waals surface area contributed by atoms with Crippen molar-refractivity contribution in [2.75, 3.05) is 20.6 Å². The molecule has 0 spiro atoms. The van der Waals surface area contributed by atoms with E-state index < -0.39 is 0 Å². The van der Waals surface area contributed by atoms with Crippen molar-refractivity contribution in [2.45, 2.75) is 53.8 Å². The average molecular weight is 471 g/mol. The van der Waals surface area contributed by atoms with Crippen molar-refractivity contribution < 1.29 is 9.53 Å². The maximum absolute atomic E-state index is 11.7. The number of halogens is 1. The number of amides is 1. The smallest absolute Gasteiger partial charge is 0.410 e. The Labute approximate surface area is 205 Å².